The van der Waals surface area contributed by atoms with E-state index in [-0.39, 0.29) is 5.56 Å². The molecule has 0 fully saturated rings. The molecule has 3 rings (SSSR count). The average Bonchev–Trinajstić information content (AvgIpc) is 2.54. The lowest BCUT2D eigenvalue weighted by Gasteiger charge is -2.07. The van der Waals surface area contributed by atoms with Crippen LogP contribution in [-0.4, -0.2) is 18.2 Å². The highest BCUT2D eigenvalue weighted by atomic mass is 32.2. The summed E-state index contributed by atoms with van der Waals surface area (Å²) in [5, 5.41) is 8.88. The van der Waals surface area contributed by atoms with E-state index in [4.69, 9.17) is 5.14 Å². The fourth-order valence-electron chi connectivity index (χ4n) is 2.25. The molecule has 0 bridgehead atoms. The molecular formula is C16H11F2N3O3S. The van der Waals surface area contributed by atoms with Crippen molar-refractivity contribution in [1.82, 2.24) is 9.78 Å². The zero-order chi connectivity index (χ0) is 18.2. The van der Waals surface area contributed by atoms with Crippen LogP contribution in [0.4, 0.5) is 8.78 Å². The van der Waals surface area contributed by atoms with E-state index in [0.29, 0.717) is 11.3 Å². The van der Waals surface area contributed by atoms with Gasteiger partial charge in [-0.05, 0) is 42.0 Å². The molecule has 9 heteroatoms. The molecule has 1 heterocycles. The number of halogens is 2. The quantitative estimate of drug-likeness (QED) is 0.768. The van der Waals surface area contributed by atoms with Gasteiger partial charge in [-0.25, -0.2) is 22.3 Å². The van der Waals surface area contributed by atoms with Crippen molar-refractivity contribution >= 4 is 10.0 Å². The van der Waals surface area contributed by atoms with Gasteiger partial charge in [0.1, 0.15) is 16.5 Å². The minimum Gasteiger partial charge on any atom is -0.267 e. The van der Waals surface area contributed by atoms with Crippen LogP contribution >= 0.6 is 0 Å². The van der Waals surface area contributed by atoms with Crippen LogP contribution in [0.25, 0.3) is 16.8 Å². The summed E-state index contributed by atoms with van der Waals surface area (Å²) in [5.74, 6) is -1.47. The smallest absolute Gasteiger partial charge is 0.267 e. The van der Waals surface area contributed by atoms with Crippen molar-refractivity contribution in [3.63, 3.8) is 0 Å². The second kappa shape index (κ2) is 6.19. The lowest BCUT2D eigenvalue weighted by Crippen LogP contribution is -2.20. The maximum absolute atomic E-state index is 13.9. The molecule has 6 nitrogen and oxygen atoms in total. The van der Waals surface area contributed by atoms with Gasteiger partial charge in [0.15, 0.2) is 0 Å². The Hall–Kier alpha value is -2.91. The van der Waals surface area contributed by atoms with Gasteiger partial charge >= 0.3 is 0 Å². The minimum absolute atomic E-state index is 0.265. The topological polar surface area (TPSA) is 95.1 Å². The van der Waals surface area contributed by atoms with Crippen molar-refractivity contribution in [2.75, 3.05) is 0 Å². The molecule has 2 aromatic carbocycles. The Kier molecular flexibility index (Phi) is 4.19. The van der Waals surface area contributed by atoms with Gasteiger partial charge in [0.25, 0.3) is 5.56 Å². The Morgan fingerprint density at radius 3 is 2.20 bits per heavy atom. The molecule has 3 aromatic rings. The highest BCUT2D eigenvalue weighted by molar-refractivity contribution is 7.89. The zero-order valence-corrected chi connectivity index (χ0v) is 13.4. The second-order valence-corrected chi connectivity index (χ2v) is 6.69. The number of hydrogen-bond donors (Lipinski definition) is 1. The second-order valence-electron chi connectivity index (χ2n) is 5.16. The monoisotopic (exact) mass is 363 g/mol. The summed E-state index contributed by atoms with van der Waals surface area (Å²) in [5.41, 5.74) is 0.415. The van der Waals surface area contributed by atoms with Gasteiger partial charge < -0.3 is 0 Å². The van der Waals surface area contributed by atoms with E-state index in [1.165, 1.54) is 42.6 Å². The van der Waals surface area contributed by atoms with E-state index in [1.807, 2.05) is 0 Å². The third-order valence-electron chi connectivity index (χ3n) is 3.44. The Morgan fingerprint density at radius 2 is 1.64 bits per heavy atom. The van der Waals surface area contributed by atoms with Crippen LogP contribution in [0.15, 0.2) is 64.4 Å². The van der Waals surface area contributed by atoms with E-state index in [2.05, 4.69) is 5.10 Å². The predicted molar refractivity (Wildman–Crippen MR) is 86.6 cm³/mol. The number of benzene rings is 2. The van der Waals surface area contributed by atoms with Crippen LogP contribution in [0.5, 0.6) is 0 Å². The van der Waals surface area contributed by atoms with Crippen molar-refractivity contribution < 1.29 is 17.2 Å². The van der Waals surface area contributed by atoms with Crippen LogP contribution in [-0.2, 0) is 10.0 Å². The fraction of sp³-hybridized carbons (Fsp3) is 0. The summed E-state index contributed by atoms with van der Waals surface area (Å²) in [6.45, 7) is 0. The van der Waals surface area contributed by atoms with Gasteiger partial charge in [0.05, 0.1) is 11.9 Å². The van der Waals surface area contributed by atoms with Crippen LogP contribution in [0.1, 0.15) is 0 Å². The van der Waals surface area contributed by atoms with E-state index in [0.717, 1.165) is 16.8 Å². The third-order valence-corrected chi connectivity index (χ3v) is 4.39. The predicted octanol–water partition coefficient (Wildman–Crippen LogP) is 1.83. The largest absolute Gasteiger partial charge is 0.272 e. The first kappa shape index (κ1) is 16.9. The lowest BCUT2D eigenvalue weighted by atomic mass is 10.1. The zero-order valence-electron chi connectivity index (χ0n) is 12.6. The summed E-state index contributed by atoms with van der Waals surface area (Å²) in [6, 6.07) is 9.68. The van der Waals surface area contributed by atoms with Crippen LogP contribution < -0.4 is 10.7 Å². The van der Waals surface area contributed by atoms with Crippen LogP contribution in [0.2, 0.25) is 0 Å². The number of hydrogen-bond acceptors (Lipinski definition) is 4. The molecule has 0 aliphatic heterocycles. The fourth-order valence-corrected chi connectivity index (χ4v) is 2.84. The molecule has 0 aliphatic rings. The molecular weight excluding hydrogens is 352 g/mol. The summed E-state index contributed by atoms with van der Waals surface area (Å²) in [7, 11) is -4.17. The lowest BCUT2D eigenvalue weighted by molar-refractivity contribution is 0.568. The normalized spacial score (nSPS) is 11.5. The minimum atomic E-state index is -4.17. The number of nitrogens with zero attached hydrogens (tertiary/aromatic N) is 2. The summed E-state index contributed by atoms with van der Waals surface area (Å²) in [6.07, 6.45) is 1.32. The highest BCUT2D eigenvalue weighted by Crippen LogP contribution is 2.22. The average molecular weight is 363 g/mol. The first-order chi connectivity index (χ1) is 11.8. The van der Waals surface area contributed by atoms with Crippen LogP contribution in [0, 0.1) is 11.6 Å². The van der Waals surface area contributed by atoms with Gasteiger partial charge in [0, 0.05) is 11.6 Å². The summed E-state index contributed by atoms with van der Waals surface area (Å²) < 4.78 is 50.4. The Morgan fingerprint density at radius 1 is 0.960 bits per heavy atom. The van der Waals surface area contributed by atoms with E-state index in [1.54, 1.807) is 0 Å². The third kappa shape index (κ3) is 3.47. The van der Waals surface area contributed by atoms with Crippen molar-refractivity contribution in [3.8, 4) is 16.8 Å². The molecule has 128 valence electrons. The van der Waals surface area contributed by atoms with Gasteiger partial charge in [-0.2, -0.15) is 9.78 Å². The molecule has 0 spiro atoms. The van der Waals surface area contributed by atoms with E-state index < -0.39 is 32.1 Å². The summed E-state index contributed by atoms with van der Waals surface area (Å²) in [4.78, 5) is 11.6. The number of aromatic nitrogens is 2. The maximum atomic E-state index is 13.9. The summed E-state index contributed by atoms with van der Waals surface area (Å²) >= 11 is 0. The number of nitrogens with two attached hydrogens (primary N) is 1. The SMILES string of the molecule is NS(=O)(=O)c1ccc(-c2cnn(-c3ccc(F)cc3)c(=O)c2)cc1F. The standard InChI is InChI=1S/C16H11F2N3O3S/c17-12-2-4-13(5-3-12)21-16(22)8-11(9-20-21)10-1-6-15(14(18)7-10)25(19,23)24/h1-9H,(H2,19,23,24). The van der Waals surface area contributed by atoms with Crippen molar-refractivity contribution in [3.05, 3.63) is 76.7 Å². The Bertz CT molecular complexity index is 1110. The van der Waals surface area contributed by atoms with E-state index in [9.17, 15) is 22.0 Å². The van der Waals surface area contributed by atoms with Crippen molar-refractivity contribution in [2.24, 2.45) is 5.14 Å². The molecule has 1 aromatic heterocycles. The molecule has 0 unspecified atom stereocenters. The number of primary sulfonamides is 1. The van der Waals surface area contributed by atoms with Crippen molar-refractivity contribution in [1.29, 1.82) is 0 Å². The highest BCUT2D eigenvalue weighted by Gasteiger charge is 2.15. The molecule has 0 amide bonds. The van der Waals surface area contributed by atoms with E-state index >= 15 is 0 Å². The Labute approximate surface area is 141 Å². The number of sulfonamides is 1. The maximum Gasteiger partial charge on any atom is 0.272 e. The van der Waals surface area contributed by atoms with Crippen molar-refractivity contribution in [2.45, 2.75) is 4.90 Å². The number of rotatable bonds is 3. The van der Waals surface area contributed by atoms with Crippen LogP contribution in [0.3, 0.4) is 0 Å². The Balaban J connectivity index is 2.03. The molecule has 0 radical (unpaired) electrons. The first-order valence-electron chi connectivity index (χ1n) is 6.94. The molecule has 25 heavy (non-hydrogen) atoms. The van der Waals surface area contributed by atoms with Gasteiger partial charge in [-0.1, -0.05) is 6.07 Å². The molecule has 0 atom stereocenters. The first-order valence-corrected chi connectivity index (χ1v) is 8.48. The van der Waals surface area contributed by atoms with Gasteiger partial charge in [-0.15, -0.1) is 0 Å². The van der Waals surface area contributed by atoms with Gasteiger partial charge in [-0.3, -0.25) is 4.79 Å². The van der Waals surface area contributed by atoms with Gasteiger partial charge in [0.2, 0.25) is 10.0 Å². The molecule has 2 N–H and O–H groups in total. The molecule has 0 saturated carbocycles. The molecule has 0 saturated heterocycles. The molecule has 0 aliphatic carbocycles.